The Bertz CT molecular complexity index is 1420. The summed E-state index contributed by atoms with van der Waals surface area (Å²) in [5.74, 6) is -0.221. The van der Waals surface area contributed by atoms with Crippen molar-refractivity contribution in [3.05, 3.63) is 85.1 Å². The number of anilines is 1. The highest BCUT2D eigenvalue weighted by atomic mass is 79.9. The molecular formula is C22H17BrFN3O3S. The molecule has 31 heavy (non-hydrogen) atoms. The van der Waals surface area contributed by atoms with E-state index in [1.54, 1.807) is 12.1 Å². The van der Waals surface area contributed by atoms with Gasteiger partial charge in [0.1, 0.15) is 0 Å². The minimum absolute atomic E-state index is 0.200. The Morgan fingerprint density at radius 2 is 1.71 bits per heavy atom. The molecule has 1 heterocycles. The van der Waals surface area contributed by atoms with Crippen LogP contribution in [0.25, 0.3) is 22.2 Å². The maximum atomic E-state index is 14.1. The van der Waals surface area contributed by atoms with Crippen LogP contribution in [0.15, 0.2) is 67.5 Å². The van der Waals surface area contributed by atoms with Crippen LogP contribution in [0.2, 0.25) is 0 Å². The monoisotopic (exact) mass is 501 g/mol. The summed E-state index contributed by atoms with van der Waals surface area (Å²) in [6.45, 7) is 1.92. The fourth-order valence-electron chi connectivity index (χ4n) is 3.12. The molecule has 0 aliphatic heterocycles. The van der Waals surface area contributed by atoms with Crippen LogP contribution in [-0.2, 0) is 0 Å². The molecule has 0 aliphatic rings. The Morgan fingerprint density at radius 3 is 2.35 bits per heavy atom. The van der Waals surface area contributed by atoms with Gasteiger partial charge in [0.05, 0.1) is 18.1 Å². The summed E-state index contributed by atoms with van der Waals surface area (Å²) in [6.07, 6.45) is 0. The van der Waals surface area contributed by atoms with Crippen LogP contribution in [-0.4, -0.2) is 17.1 Å². The lowest BCUT2D eigenvalue weighted by molar-refractivity contribution is 0.386. The molecule has 0 amide bonds. The van der Waals surface area contributed by atoms with Crippen molar-refractivity contribution in [3.8, 4) is 16.9 Å². The third-order valence-corrected chi connectivity index (χ3v) is 6.38. The Balaban J connectivity index is 1.57. The SMILES string of the molecule is COc1ccc(-c2ccc(NSc3cc4[nH]c(=O)c(=O)[nH]c4cc3C)cc2Br)cc1F. The Morgan fingerprint density at radius 1 is 1.00 bits per heavy atom. The fraction of sp³-hybridized carbons (Fsp3) is 0.0909. The van der Waals surface area contributed by atoms with Gasteiger partial charge in [0.15, 0.2) is 11.6 Å². The smallest absolute Gasteiger partial charge is 0.314 e. The summed E-state index contributed by atoms with van der Waals surface area (Å²) < 4.78 is 23.1. The average molecular weight is 502 g/mol. The number of aryl methyl sites for hydroxylation is 1. The normalized spacial score (nSPS) is 11.0. The largest absolute Gasteiger partial charge is 0.494 e. The Kier molecular flexibility index (Phi) is 5.88. The number of aromatic nitrogens is 2. The molecule has 158 valence electrons. The summed E-state index contributed by atoms with van der Waals surface area (Å²) in [6, 6.07) is 14.1. The van der Waals surface area contributed by atoms with E-state index in [9.17, 15) is 14.0 Å². The molecule has 3 aromatic carbocycles. The van der Waals surface area contributed by atoms with Gasteiger partial charge in [-0.05, 0) is 72.0 Å². The minimum atomic E-state index is -0.685. The van der Waals surface area contributed by atoms with Gasteiger partial charge >= 0.3 is 11.1 Å². The first-order valence-electron chi connectivity index (χ1n) is 9.19. The van der Waals surface area contributed by atoms with Gasteiger partial charge in [0.25, 0.3) is 0 Å². The lowest BCUT2D eigenvalue weighted by Gasteiger charge is -2.12. The van der Waals surface area contributed by atoms with E-state index in [0.29, 0.717) is 11.0 Å². The molecule has 4 rings (SSSR count). The standard InChI is InChI=1S/C22H17BrFN3O3S/c1-11-7-17-18(26-22(29)21(28)25-17)10-20(11)31-27-13-4-5-14(15(23)9-13)12-3-6-19(30-2)16(24)8-12/h3-10,27H,1-2H3,(H,25,28)(H,26,29). The second-order valence-electron chi connectivity index (χ2n) is 6.82. The van der Waals surface area contributed by atoms with E-state index in [1.807, 2.05) is 37.3 Å². The van der Waals surface area contributed by atoms with Gasteiger partial charge in [0.2, 0.25) is 0 Å². The minimum Gasteiger partial charge on any atom is -0.494 e. The van der Waals surface area contributed by atoms with E-state index in [1.165, 1.54) is 25.1 Å². The molecule has 1 aromatic heterocycles. The molecule has 0 aliphatic carbocycles. The van der Waals surface area contributed by atoms with E-state index < -0.39 is 16.9 Å². The number of methoxy groups -OCH3 is 1. The van der Waals surface area contributed by atoms with Crippen LogP contribution in [0, 0.1) is 12.7 Å². The van der Waals surface area contributed by atoms with Crippen molar-refractivity contribution in [2.45, 2.75) is 11.8 Å². The summed E-state index contributed by atoms with van der Waals surface area (Å²) in [5, 5.41) is 0. The summed E-state index contributed by atoms with van der Waals surface area (Å²) in [5.41, 5.74) is 3.12. The van der Waals surface area contributed by atoms with Crippen molar-refractivity contribution in [1.29, 1.82) is 0 Å². The van der Waals surface area contributed by atoms with Crippen molar-refractivity contribution < 1.29 is 9.13 Å². The highest BCUT2D eigenvalue weighted by Crippen LogP contribution is 2.34. The molecule has 9 heteroatoms. The molecule has 0 saturated carbocycles. The Hall–Kier alpha value is -3.04. The molecule has 0 saturated heterocycles. The predicted octanol–water partition coefficient (Wildman–Crippen LogP) is 5.22. The maximum absolute atomic E-state index is 14.1. The van der Waals surface area contributed by atoms with Gasteiger partial charge < -0.3 is 19.4 Å². The van der Waals surface area contributed by atoms with Gasteiger partial charge in [-0.3, -0.25) is 9.59 Å². The van der Waals surface area contributed by atoms with Crippen molar-refractivity contribution in [2.75, 3.05) is 11.8 Å². The second kappa shape index (κ2) is 8.60. The molecule has 0 bridgehead atoms. The zero-order valence-electron chi connectivity index (χ0n) is 16.5. The fourth-order valence-corrected chi connectivity index (χ4v) is 4.48. The second-order valence-corrected chi connectivity index (χ2v) is 8.52. The lowest BCUT2D eigenvalue weighted by atomic mass is 10.1. The summed E-state index contributed by atoms with van der Waals surface area (Å²) >= 11 is 4.94. The quantitative estimate of drug-likeness (QED) is 0.257. The molecule has 0 atom stereocenters. The summed E-state index contributed by atoms with van der Waals surface area (Å²) in [7, 11) is 1.43. The van der Waals surface area contributed by atoms with E-state index >= 15 is 0 Å². The molecule has 3 N–H and O–H groups in total. The first kappa shape index (κ1) is 21.2. The van der Waals surface area contributed by atoms with Crippen molar-refractivity contribution in [2.24, 2.45) is 0 Å². The third kappa shape index (κ3) is 4.38. The first-order valence-corrected chi connectivity index (χ1v) is 10.8. The topological polar surface area (TPSA) is 87.0 Å². The zero-order valence-corrected chi connectivity index (χ0v) is 18.9. The van der Waals surface area contributed by atoms with Crippen LogP contribution in [0.3, 0.4) is 0 Å². The molecule has 0 radical (unpaired) electrons. The number of fused-ring (bicyclic) bond motifs is 1. The summed E-state index contributed by atoms with van der Waals surface area (Å²) in [4.78, 5) is 29.1. The molecule has 6 nitrogen and oxygen atoms in total. The molecule has 4 aromatic rings. The highest BCUT2D eigenvalue weighted by molar-refractivity contribution is 9.10. The first-order chi connectivity index (χ1) is 14.9. The average Bonchev–Trinajstić information content (AvgIpc) is 2.73. The van der Waals surface area contributed by atoms with Gasteiger partial charge in [-0.25, -0.2) is 4.39 Å². The van der Waals surface area contributed by atoms with Crippen LogP contribution < -0.4 is 20.6 Å². The van der Waals surface area contributed by atoms with E-state index in [0.717, 1.165) is 31.7 Å². The molecule has 0 unspecified atom stereocenters. The third-order valence-electron chi connectivity index (χ3n) is 4.73. The highest BCUT2D eigenvalue weighted by Gasteiger charge is 2.10. The Labute approximate surface area is 189 Å². The molecular weight excluding hydrogens is 485 g/mol. The molecule has 0 fully saturated rings. The number of benzene rings is 3. The van der Waals surface area contributed by atoms with Crippen molar-refractivity contribution >= 4 is 44.6 Å². The van der Waals surface area contributed by atoms with E-state index in [4.69, 9.17) is 4.74 Å². The number of nitrogens with one attached hydrogen (secondary N) is 3. The van der Waals surface area contributed by atoms with Crippen LogP contribution >= 0.6 is 27.9 Å². The van der Waals surface area contributed by atoms with E-state index in [-0.39, 0.29) is 5.75 Å². The number of rotatable bonds is 5. The van der Waals surface area contributed by atoms with Crippen molar-refractivity contribution in [1.82, 2.24) is 9.97 Å². The predicted molar refractivity (Wildman–Crippen MR) is 125 cm³/mol. The van der Waals surface area contributed by atoms with E-state index in [2.05, 4.69) is 30.6 Å². The van der Waals surface area contributed by atoms with Crippen LogP contribution in [0.1, 0.15) is 5.56 Å². The zero-order chi connectivity index (χ0) is 22.1. The number of H-pyrrole nitrogens is 2. The molecule has 0 spiro atoms. The number of hydrogen-bond acceptors (Lipinski definition) is 5. The van der Waals surface area contributed by atoms with Gasteiger partial charge in [-0.1, -0.05) is 28.1 Å². The van der Waals surface area contributed by atoms with Gasteiger partial charge in [-0.2, -0.15) is 0 Å². The number of hydrogen-bond donors (Lipinski definition) is 3. The maximum Gasteiger partial charge on any atom is 0.314 e. The lowest BCUT2D eigenvalue weighted by Crippen LogP contribution is -2.28. The number of halogens is 2. The van der Waals surface area contributed by atoms with Gasteiger partial charge in [0, 0.05) is 15.1 Å². The number of ether oxygens (including phenoxy) is 1. The number of aromatic amines is 2. The van der Waals surface area contributed by atoms with Crippen LogP contribution in [0.5, 0.6) is 5.75 Å². The van der Waals surface area contributed by atoms with Gasteiger partial charge in [-0.15, -0.1) is 0 Å². The van der Waals surface area contributed by atoms with Crippen LogP contribution in [0.4, 0.5) is 10.1 Å². The van der Waals surface area contributed by atoms with Crippen molar-refractivity contribution in [3.63, 3.8) is 0 Å².